The Labute approximate surface area is 179 Å². The minimum absolute atomic E-state index is 0. The summed E-state index contributed by atoms with van der Waals surface area (Å²) in [5, 5.41) is 0. The Morgan fingerprint density at radius 3 is 2.41 bits per heavy atom. The molecule has 29 heavy (non-hydrogen) atoms. The molecule has 1 aliphatic heterocycles. The van der Waals surface area contributed by atoms with Crippen LogP contribution in [0, 0.1) is 0 Å². The predicted molar refractivity (Wildman–Crippen MR) is 119 cm³/mol. The number of benzene rings is 2. The van der Waals surface area contributed by atoms with E-state index in [1.54, 1.807) is 7.11 Å². The number of aryl methyl sites for hydroxylation is 1. The molecule has 2 heterocycles. The van der Waals surface area contributed by atoms with Gasteiger partial charge in [0.1, 0.15) is 17.3 Å². The summed E-state index contributed by atoms with van der Waals surface area (Å²) in [5.41, 5.74) is 2.31. The Hall–Kier alpha value is -2.24. The molecule has 3 aromatic rings. The maximum absolute atomic E-state index is 5.91. The minimum atomic E-state index is 0. The number of rotatable bonds is 8. The summed E-state index contributed by atoms with van der Waals surface area (Å²) in [4.78, 5) is 7.47. The quantitative estimate of drug-likeness (QED) is 0.489. The lowest BCUT2D eigenvalue weighted by molar-refractivity contribution is 0.212. The summed E-state index contributed by atoms with van der Waals surface area (Å²) in [6, 6.07) is 16.2. The van der Waals surface area contributed by atoms with Crippen molar-refractivity contribution >= 4 is 23.4 Å². The van der Waals surface area contributed by atoms with Crippen molar-refractivity contribution < 1.29 is 9.47 Å². The number of para-hydroxylation sites is 2. The topological polar surface area (TPSA) is 39.5 Å². The Balaban J connectivity index is 0.00000240. The number of halogens is 1. The fraction of sp³-hybridized carbons (Fsp3) is 0.435. The molecule has 156 valence electrons. The van der Waals surface area contributed by atoms with Crippen molar-refractivity contribution in [2.24, 2.45) is 0 Å². The van der Waals surface area contributed by atoms with Gasteiger partial charge in [-0.1, -0.05) is 18.6 Å². The third kappa shape index (κ3) is 5.43. The minimum Gasteiger partial charge on any atom is -0.497 e. The van der Waals surface area contributed by atoms with E-state index in [2.05, 4.69) is 33.7 Å². The summed E-state index contributed by atoms with van der Waals surface area (Å²) >= 11 is 0. The average Bonchev–Trinajstić information content (AvgIpc) is 3.09. The lowest BCUT2D eigenvalue weighted by atomic mass is 10.1. The normalized spacial score (nSPS) is 14.5. The van der Waals surface area contributed by atoms with E-state index < -0.39 is 0 Å². The van der Waals surface area contributed by atoms with Crippen molar-refractivity contribution in [1.29, 1.82) is 0 Å². The summed E-state index contributed by atoms with van der Waals surface area (Å²) in [5.74, 6) is 2.90. The Bertz CT molecular complexity index is 889. The zero-order chi connectivity index (χ0) is 19.2. The highest BCUT2D eigenvalue weighted by Gasteiger charge is 2.16. The van der Waals surface area contributed by atoms with Crippen LogP contribution in [-0.4, -0.2) is 41.3 Å². The van der Waals surface area contributed by atoms with E-state index in [4.69, 9.17) is 14.5 Å². The van der Waals surface area contributed by atoms with Crippen molar-refractivity contribution in [3.63, 3.8) is 0 Å². The third-order valence-electron chi connectivity index (χ3n) is 5.40. The molecule has 5 nitrogen and oxygen atoms in total. The molecular weight excluding hydrogens is 386 g/mol. The first kappa shape index (κ1) is 21.5. The number of nitrogens with zero attached hydrogens (tertiary/aromatic N) is 3. The van der Waals surface area contributed by atoms with Gasteiger partial charge < -0.3 is 14.0 Å². The molecular formula is C23H30ClN3O2. The maximum atomic E-state index is 5.91. The SMILES string of the molecule is COc1ccc(OCCCn2c(CN3CCCCC3)nc3ccccc32)cc1.Cl. The van der Waals surface area contributed by atoms with E-state index in [1.165, 1.54) is 43.7 Å². The first-order chi connectivity index (χ1) is 13.8. The third-order valence-corrected chi connectivity index (χ3v) is 5.40. The van der Waals surface area contributed by atoms with Gasteiger partial charge in [0.2, 0.25) is 0 Å². The van der Waals surface area contributed by atoms with Crippen LogP contribution < -0.4 is 9.47 Å². The van der Waals surface area contributed by atoms with Crippen LogP contribution >= 0.6 is 12.4 Å². The van der Waals surface area contributed by atoms with Crippen LogP contribution in [-0.2, 0) is 13.1 Å². The number of methoxy groups -OCH3 is 1. The molecule has 0 radical (unpaired) electrons. The molecule has 2 aromatic carbocycles. The van der Waals surface area contributed by atoms with E-state index in [0.29, 0.717) is 6.61 Å². The van der Waals surface area contributed by atoms with Gasteiger partial charge >= 0.3 is 0 Å². The fourth-order valence-electron chi connectivity index (χ4n) is 3.90. The highest BCUT2D eigenvalue weighted by atomic mass is 35.5. The Kier molecular flexibility index (Phi) is 7.78. The summed E-state index contributed by atoms with van der Waals surface area (Å²) in [6.07, 6.45) is 4.90. The second-order valence-corrected chi connectivity index (χ2v) is 7.38. The Morgan fingerprint density at radius 1 is 0.931 bits per heavy atom. The van der Waals surface area contributed by atoms with Crippen LogP contribution in [0.15, 0.2) is 48.5 Å². The lowest BCUT2D eigenvalue weighted by Gasteiger charge is -2.26. The van der Waals surface area contributed by atoms with Crippen LogP contribution in [0.5, 0.6) is 11.5 Å². The van der Waals surface area contributed by atoms with Crippen molar-refractivity contribution in [2.75, 3.05) is 26.8 Å². The van der Waals surface area contributed by atoms with E-state index in [0.717, 1.165) is 36.5 Å². The smallest absolute Gasteiger partial charge is 0.124 e. The molecule has 0 bridgehead atoms. The molecule has 1 aliphatic rings. The second kappa shape index (κ2) is 10.5. The molecule has 0 atom stereocenters. The number of likely N-dealkylation sites (tertiary alicyclic amines) is 1. The number of imidazole rings is 1. The standard InChI is InChI=1S/C23H29N3O2.ClH/c1-27-19-10-12-20(13-11-19)28-17-7-16-26-22-9-4-3-8-21(22)24-23(26)18-25-14-5-2-6-15-25;/h3-4,8-13H,2,5-7,14-18H2,1H3;1H. The van der Waals surface area contributed by atoms with Gasteiger partial charge in [-0.2, -0.15) is 0 Å². The molecule has 0 unspecified atom stereocenters. The molecule has 1 fully saturated rings. The van der Waals surface area contributed by atoms with Crippen LogP contribution in [0.3, 0.4) is 0 Å². The predicted octanol–water partition coefficient (Wildman–Crippen LogP) is 4.92. The highest BCUT2D eigenvalue weighted by molar-refractivity contribution is 5.85. The molecule has 0 spiro atoms. The van der Waals surface area contributed by atoms with E-state index in [9.17, 15) is 0 Å². The molecule has 4 rings (SSSR count). The van der Waals surface area contributed by atoms with Gasteiger partial charge in [-0.05, 0) is 68.8 Å². The van der Waals surface area contributed by atoms with E-state index >= 15 is 0 Å². The van der Waals surface area contributed by atoms with Gasteiger partial charge in [-0.25, -0.2) is 4.98 Å². The van der Waals surface area contributed by atoms with Gasteiger partial charge in [-0.15, -0.1) is 12.4 Å². The molecule has 0 aliphatic carbocycles. The number of ether oxygens (including phenoxy) is 2. The van der Waals surface area contributed by atoms with Crippen molar-refractivity contribution in [3.05, 3.63) is 54.4 Å². The lowest BCUT2D eigenvalue weighted by Crippen LogP contribution is -2.30. The molecule has 1 aromatic heterocycles. The van der Waals surface area contributed by atoms with Gasteiger partial charge in [0.05, 0.1) is 31.3 Å². The molecule has 0 amide bonds. The van der Waals surface area contributed by atoms with Gasteiger partial charge in [0.25, 0.3) is 0 Å². The highest BCUT2D eigenvalue weighted by Crippen LogP contribution is 2.20. The molecule has 0 saturated carbocycles. The molecule has 6 heteroatoms. The monoisotopic (exact) mass is 415 g/mol. The van der Waals surface area contributed by atoms with Crippen LogP contribution in [0.4, 0.5) is 0 Å². The van der Waals surface area contributed by atoms with Crippen molar-refractivity contribution in [2.45, 2.75) is 38.8 Å². The summed E-state index contributed by atoms with van der Waals surface area (Å²) in [7, 11) is 1.67. The molecule has 0 N–H and O–H groups in total. The fourth-order valence-corrected chi connectivity index (χ4v) is 3.90. The first-order valence-electron chi connectivity index (χ1n) is 10.3. The van der Waals surface area contributed by atoms with Gasteiger partial charge in [0.15, 0.2) is 0 Å². The maximum Gasteiger partial charge on any atom is 0.124 e. The van der Waals surface area contributed by atoms with Crippen LogP contribution in [0.1, 0.15) is 31.5 Å². The van der Waals surface area contributed by atoms with Gasteiger partial charge in [0, 0.05) is 6.54 Å². The number of hydrogen-bond acceptors (Lipinski definition) is 4. The number of fused-ring (bicyclic) bond motifs is 1. The number of aromatic nitrogens is 2. The van der Waals surface area contributed by atoms with E-state index in [-0.39, 0.29) is 12.4 Å². The second-order valence-electron chi connectivity index (χ2n) is 7.38. The largest absolute Gasteiger partial charge is 0.497 e. The molecule has 1 saturated heterocycles. The van der Waals surface area contributed by atoms with Crippen LogP contribution in [0.2, 0.25) is 0 Å². The summed E-state index contributed by atoms with van der Waals surface area (Å²) < 4.78 is 13.5. The van der Waals surface area contributed by atoms with Crippen molar-refractivity contribution in [1.82, 2.24) is 14.5 Å². The van der Waals surface area contributed by atoms with Crippen LogP contribution in [0.25, 0.3) is 11.0 Å². The number of piperidine rings is 1. The Morgan fingerprint density at radius 2 is 1.66 bits per heavy atom. The summed E-state index contributed by atoms with van der Waals surface area (Å²) in [6.45, 7) is 4.91. The van der Waals surface area contributed by atoms with Gasteiger partial charge in [-0.3, -0.25) is 4.90 Å². The van der Waals surface area contributed by atoms with Crippen molar-refractivity contribution in [3.8, 4) is 11.5 Å². The zero-order valence-corrected chi connectivity index (χ0v) is 17.9. The first-order valence-corrected chi connectivity index (χ1v) is 10.3. The zero-order valence-electron chi connectivity index (χ0n) is 17.0. The number of hydrogen-bond donors (Lipinski definition) is 0. The average molecular weight is 416 g/mol. The van der Waals surface area contributed by atoms with E-state index in [1.807, 2.05) is 24.3 Å².